The summed E-state index contributed by atoms with van der Waals surface area (Å²) in [5, 5.41) is 4.47. The molecule has 0 saturated heterocycles. The van der Waals surface area contributed by atoms with E-state index in [1.807, 2.05) is 6.08 Å². The summed E-state index contributed by atoms with van der Waals surface area (Å²) in [6.45, 7) is 1.72. The zero-order valence-electron chi connectivity index (χ0n) is 21.3. The van der Waals surface area contributed by atoms with Gasteiger partial charge in [0, 0.05) is 22.8 Å². The van der Waals surface area contributed by atoms with E-state index in [1.165, 1.54) is 36.1 Å². The van der Waals surface area contributed by atoms with Crippen LogP contribution in [0, 0.1) is 12.8 Å². The summed E-state index contributed by atoms with van der Waals surface area (Å²) in [6, 6.07) is 6.29. The van der Waals surface area contributed by atoms with Crippen molar-refractivity contribution < 1.29 is 27.4 Å². The van der Waals surface area contributed by atoms with Crippen LogP contribution in [-0.2, 0) is 9.53 Å². The highest BCUT2D eigenvalue weighted by Crippen LogP contribution is 2.40. The fourth-order valence-electron chi connectivity index (χ4n) is 4.52. The van der Waals surface area contributed by atoms with Crippen molar-refractivity contribution >= 4 is 29.1 Å². The Labute approximate surface area is 228 Å². The average molecular weight is 565 g/mol. The molecular formula is C26H28ClF3N6O3. The van der Waals surface area contributed by atoms with Crippen LogP contribution in [0.1, 0.15) is 48.7 Å². The minimum Gasteiger partial charge on any atom is -0.468 e. The van der Waals surface area contributed by atoms with E-state index in [0.29, 0.717) is 37.1 Å². The Hall–Kier alpha value is -3.64. The molecule has 1 aliphatic rings. The fraction of sp³-hybridized carbons (Fsp3) is 0.385. The number of benzene rings is 1. The van der Waals surface area contributed by atoms with Crippen LogP contribution in [-0.4, -0.2) is 45.0 Å². The third-order valence-electron chi connectivity index (χ3n) is 6.44. The molecule has 1 aliphatic carbocycles. The Bertz CT molecular complexity index is 1380. The maximum Gasteiger partial charge on any atom is 0.429 e. The highest BCUT2D eigenvalue weighted by molar-refractivity contribution is 6.30. The number of rotatable bonds is 8. The molecule has 0 spiro atoms. The maximum atomic E-state index is 14.4. The van der Waals surface area contributed by atoms with E-state index in [0.717, 1.165) is 5.57 Å². The third kappa shape index (κ3) is 6.87. The molecular weight excluding hydrogens is 537 g/mol. The van der Waals surface area contributed by atoms with E-state index in [-0.39, 0.29) is 34.0 Å². The number of nitrogens with zero attached hydrogens (tertiary/aromatic N) is 4. The lowest BCUT2D eigenvalue weighted by molar-refractivity contribution is -0.198. The van der Waals surface area contributed by atoms with Crippen molar-refractivity contribution in [1.82, 2.24) is 19.7 Å². The topological polar surface area (TPSA) is 131 Å². The number of esters is 1. The molecule has 0 saturated carbocycles. The quantitative estimate of drug-likeness (QED) is 0.367. The van der Waals surface area contributed by atoms with Gasteiger partial charge in [-0.3, -0.25) is 4.79 Å². The number of anilines is 1. The third-order valence-corrected chi connectivity index (χ3v) is 6.67. The normalized spacial score (nSPS) is 17.3. The number of halogens is 4. The SMILES string of the molecule is COC(=O)[C@@H](N)CC1CC=C(c2cc(O[C@H](c3ccc(Cl)cc3-n3ccc(C)n3)C(F)(F)F)nc(N)n2)CC1. The van der Waals surface area contributed by atoms with Gasteiger partial charge in [-0.25, -0.2) is 9.67 Å². The minimum atomic E-state index is -4.81. The fourth-order valence-corrected chi connectivity index (χ4v) is 4.69. The number of methoxy groups -OCH3 is 1. The van der Waals surface area contributed by atoms with Gasteiger partial charge in [-0.15, -0.1) is 0 Å². The van der Waals surface area contributed by atoms with Gasteiger partial charge >= 0.3 is 12.1 Å². The molecule has 0 fully saturated rings. The summed E-state index contributed by atoms with van der Waals surface area (Å²) < 4.78 is 54.5. The molecule has 2 heterocycles. The van der Waals surface area contributed by atoms with Crippen molar-refractivity contribution in [1.29, 1.82) is 0 Å². The predicted molar refractivity (Wildman–Crippen MR) is 139 cm³/mol. The van der Waals surface area contributed by atoms with Crippen molar-refractivity contribution in [3.63, 3.8) is 0 Å². The summed E-state index contributed by atoms with van der Waals surface area (Å²) in [4.78, 5) is 19.8. The molecule has 208 valence electrons. The molecule has 9 nitrogen and oxygen atoms in total. The second-order valence-electron chi connectivity index (χ2n) is 9.33. The van der Waals surface area contributed by atoms with E-state index in [4.69, 9.17) is 27.8 Å². The lowest BCUT2D eigenvalue weighted by Gasteiger charge is -2.25. The number of aromatic nitrogens is 4. The first kappa shape index (κ1) is 28.4. The number of alkyl halides is 3. The van der Waals surface area contributed by atoms with E-state index in [9.17, 15) is 18.0 Å². The summed E-state index contributed by atoms with van der Waals surface area (Å²) in [7, 11) is 1.29. The first-order valence-corrected chi connectivity index (χ1v) is 12.5. The van der Waals surface area contributed by atoms with E-state index in [2.05, 4.69) is 19.8 Å². The minimum absolute atomic E-state index is 0.117. The molecule has 3 aromatic rings. The summed E-state index contributed by atoms with van der Waals surface area (Å²) in [6.07, 6.45) is -1.38. The number of carbonyl (C=O) groups is 1. The summed E-state index contributed by atoms with van der Waals surface area (Å²) >= 11 is 6.10. The zero-order valence-corrected chi connectivity index (χ0v) is 22.0. The molecule has 0 bridgehead atoms. The smallest absolute Gasteiger partial charge is 0.429 e. The largest absolute Gasteiger partial charge is 0.468 e. The number of allylic oxidation sites excluding steroid dienone is 2. The molecule has 4 N–H and O–H groups in total. The second-order valence-corrected chi connectivity index (χ2v) is 9.77. The molecule has 0 amide bonds. The predicted octanol–water partition coefficient (Wildman–Crippen LogP) is 4.96. The van der Waals surface area contributed by atoms with E-state index < -0.39 is 24.3 Å². The molecule has 1 aromatic carbocycles. The summed E-state index contributed by atoms with van der Waals surface area (Å²) in [5.74, 6) is -0.867. The number of hydrogen-bond donors (Lipinski definition) is 2. The van der Waals surface area contributed by atoms with Gasteiger partial charge < -0.3 is 20.9 Å². The zero-order chi connectivity index (χ0) is 28.3. The van der Waals surface area contributed by atoms with Gasteiger partial charge in [0.1, 0.15) is 6.04 Å². The monoisotopic (exact) mass is 564 g/mol. The molecule has 1 unspecified atom stereocenters. The van der Waals surface area contributed by atoms with Crippen molar-refractivity contribution in [2.45, 2.75) is 50.9 Å². The lowest BCUT2D eigenvalue weighted by atomic mass is 9.84. The van der Waals surface area contributed by atoms with Gasteiger partial charge in [0.2, 0.25) is 17.9 Å². The molecule has 2 aromatic heterocycles. The second kappa shape index (κ2) is 11.6. The number of ether oxygens (including phenoxy) is 2. The van der Waals surface area contributed by atoms with Crippen molar-refractivity contribution in [2.75, 3.05) is 12.8 Å². The Morgan fingerprint density at radius 2 is 2.03 bits per heavy atom. The molecule has 39 heavy (non-hydrogen) atoms. The van der Waals surface area contributed by atoms with Gasteiger partial charge in [-0.05, 0) is 62.3 Å². The molecule has 0 aliphatic heterocycles. The number of nitrogens with two attached hydrogens (primary N) is 2. The van der Waals surface area contributed by atoms with Gasteiger partial charge in [-0.2, -0.15) is 23.3 Å². The number of aryl methyl sites for hydroxylation is 1. The van der Waals surface area contributed by atoms with Crippen LogP contribution in [0.5, 0.6) is 5.88 Å². The Morgan fingerprint density at radius 1 is 1.26 bits per heavy atom. The van der Waals surface area contributed by atoms with E-state index in [1.54, 1.807) is 19.2 Å². The van der Waals surface area contributed by atoms with Gasteiger partial charge in [0.05, 0.1) is 24.2 Å². The highest BCUT2D eigenvalue weighted by atomic mass is 35.5. The number of carbonyl (C=O) groups excluding carboxylic acids is 1. The first-order chi connectivity index (χ1) is 18.4. The van der Waals surface area contributed by atoms with Gasteiger partial charge in [0.15, 0.2) is 0 Å². The van der Waals surface area contributed by atoms with Crippen LogP contribution in [0.4, 0.5) is 19.1 Å². The number of nitrogen functional groups attached to an aromatic ring is 1. The van der Waals surface area contributed by atoms with Crippen LogP contribution in [0.3, 0.4) is 0 Å². The first-order valence-electron chi connectivity index (χ1n) is 12.2. The Kier molecular flexibility index (Phi) is 8.45. The maximum absolute atomic E-state index is 14.4. The molecule has 13 heteroatoms. The van der Waals surface area contributed by atoms with Gasteiger partial charge in [0.25, 0.3) is 0 Å². The van der Waals surface area contributed by atoms with Crippen LogP contribution in [0.25, 0.3) is 11.3 Å². The van der Waals surface area contributed by atoms with Crippen LogP contribution < -0.4 is 16.2 Å². The standard InChI is InChI=1S/C26H28ClF3N6O3/c1-14-9-10-36(35-14)21-12-17(27)7-8-18(21)23(26(28,29)30)39-22-13-20(33-25(32)34-22)16-5-3-15(4-6-16)11-19(31)24(37)38-2/h5,7-10,12-13,15,19,23H,3-4,6,11,31H2,1-2H3,(H2,32,33,34)/t15?,19-,23+/m0/s1. The van der Waals surface area contributed by atoms with Crippen LogP contribution in [0.2, 0.25) is 5.02 Å². The van der Waals surface area contributed by atoms with Gasteiger partial charge in [-0.1, -0.05) is 23.7 Å². The lowest BCUT2D eigenvalue weighted by Crippen LogP contribution is -2.34. The number of hydrogen-bond acceptors (Lipinski definition) is 8. The summed E-state index contributed by atoms with van der Waals surface area (Å²) in [5.41, 5.74) is 13.4. The Balaban J connectivity index is 1.61. The molecule has 0 radical (unpaired) electrons. The average Bonchev–Trinajstić information content (AvgIpc) is 3.32. The van der Waals surface area contributed by atoms with Crippen molar-refractivity contribution in [3.8, 4) is 11.6 Å². The van der Waals surface area contributed by atoms with Crippen LogP contribution in [0.15, 0.2) is 42.6 Å². The van der Waals surface area contributed by atoms with Crippen molar-refractivity contribution in [3.05, 3.63) is 64.6 Å². The van der Waals surface area contributed by atoms with Crippen molar-refractivity contribution in [2.24, 2.45) is 11.7 Å². The highest BCUT2D eigenvalue weighted by Gasteiger charge is 2.45. The molecule has 4 rings (SSSR count). The van der Waals surface area contributed by atoms with Crippen LogP contribution >= 0.6 is 11.6 Å². The van der Waals surface area contributed by atoms with E-state index >= 15 is 0 Å². The Morgan fingerprint density at radius 3 is 2.64 bits per heavy atom. The molecule has 3 atom stereocenters.